The van der Waals surface area contributed by atoms with Gasteiger partial charge in [-0.1, -0.05) is 18.2 Å². The van der Waals surface area contributed by atoms with E-state index in [4.69, 9.17) is 4.63 Å². The monoisotopic (exact) mass is 389 g/mol. The lowest BCUT2D eigenvalue weighted by atomic mass is 10.1. The van der Waals surface area contributed by atoms with Crippen LogP contribution < -0.4 is 5.32 Å². The van der Waals surface area contributed by atoms with E-state index in [2.05, 4.69) is 30.6 Å². The molecule has 1 N–H and O–H groups in total. The lowest BCUT2D eigenvalue weighted by Gasteiger charge is -2.27. The number of carbonyl (C=O) groups is 1. The van der Waals surface area contributed by atoms with Gasteiger partial charge < -0.3 is 5.32 Å². The first kappa shape index (κ1) is 17.5. The summed E-state index contributed by atoms with van der Waals surface area (Å²) < 4.78 is 6.76. The smallest absolute Gasteiger partial charge is 0.272 e. The molecule has 4 heterocycles. The predicted octanol–water partition coefficient (Wildman–Crippen LogP) is 1.76. The average Bonchev–Trinajstić information content (AvgIpc) is 3.40. The minimum atomic E-state index is -0.192. The molecular weight excluding hydrogens is 370 g/mol. The second kappa shape index (κ2) is 7.44. The van der Waals surface area contributed by atoms with Crippen LogP contribution in [0.15, 0.2) is 53.3 Å². The Bertz CT molecular complexity index is 1150. The van der Waals surface area contributed by atoms with E-state index in [0.29, 0.717) is 18.8 Å². The third-order valence-corrected chi connectivity index (χ3v) is 5.03. The summed E-state index contributed by atoms with van der Waals surface area (Å²) >= 11 is 0. The Balaban J connectivity index is 1.26. The van der Waals surface area contributed by atoms with E-state index in [-0.39, 0.29) is 5.91 Å². The quantitative estimate of drug-likeness (QED) is 0.555. The number of amides is 1. The van der Waals surface area contributed by atoms with Gasteiger partial charge in [0.05, 0.1) is 24.5 Å². The maximum atomic E-state index is 12.5. The lowest BCUT2D eigenvalue weighted by Crippen LogP contribution is -2.33. The molecule has 0 fully saturated rings. The zero-order valence-electron chi connectivity index (χ0n) is 15.7. The van der Waals surface area contributed by atoms with E-state index in [9.17, 15) is 4.79 Å². The first-order chi connectivity index (χ1) is 14.3. The number of pyridine rings is 1. The van der Waals surface area contributed by atoms with Crippen LogP contribution in [0.1, 0.15) is 27.4 Å². The van der Waals surface area contributed by atoms with Crippen molar-refractivity contribution in [3.05, 3.63) is 71.3 Å². The maximum Gasteiger partial charge on any atom is 0.272 e. The van der Waals surface area contributed by atoms with Crippen LogP contribution in [0.5, 0.6) is 0 Å². The molecule has 3 aromatic heterocycles. The normalized spacial score (nSPS) is 14.1. The summed E-state index contributed by atoms with van der Waals surface area (Å²) in [7, 11) is 0. The van der Waals surface area contributed by atoms with Gasteiger partial charge >= 0.3 is 0 Å². The van der Waals surface area contributed by atoms with E-state index < -0.39 is 0 Å². The third kappa shape index (κ3) is 3.59. The summed E-state index contributed by atoms with van der Waals surface area (Å²) in [4.78, 5) is 19.0. The van der Waals surface area contributed by atoms with Crippen LogP contribution in [0, 0.1) is 0 Å². The minimum Gasteiger partial charge on any atom is -0.345 e. The molecule has 0 radical (unpaired) electrons. The summed E-state index contributed by atoms with van der Waals surface area (Å²) in [6.07, 6.45) is 1.71. The molecule has 0 bridgehead atoms. The topological polar surface area (TPSA) is 102 Å². The van der Waals surface area contributed by atoms with Gasteiger partial charge in [-0.05, 0) is 40.1 Å². The van der Waals surface area contributed by atoms with Gasteiger partial charge in [-0.3, -0.25) is 19.4 Å². The number of hydrogen-bond acceptors (Lipinski definition) is 7. The average molecular weight is 389 g/mol. The number of fused-ring (bicyclic) bond motifs is 2. The van der Waals surface area contributed by atoms with Gasteiger partial charge in [0.15, 0.2) is 5.69 Å². The van der Waals surface area contributed by atoms with E-state index in [1.54, 1.807) is 6.20 Å². The SMILES string of the molecule is O=C(NCc1ccccn1)c1cc2n(n1)CCN(Cc1cccc3nonc13)C2. The van der Waals surface area contributed by atoms with Gasteiger partial charge in [-0.2, -0.15) is 5.10 Å². The van der Waals surface area contributed by atoms with Crippen molar-refractivity contribution in [2.45, 2.75) is 26.2 Å². The second-order valence-corrected chi connectivity index (χ2v) is 7.01. The highest BCUT2D eigenvalue weighted by Crippen LogP contribution is 2.20. The number of benzene rings is 1. The molecule has 0 saturated heterocycles. The fourth-order valence-electron chi connectivity index (χ4n) is 3.56. The first-order valence-corrected chi connectivity index (χ1v) is 9.43. The Kier molecular flexibility index (Phi) is 4.49. The molecule has 0 atom stereocenters. The Morgan fingerprint density at radius 1 is 1.14 bits per heavy atom. The van der Waals surface area contributed by atoms with Crippen molar-refractivity contribution in [1.82, 2.24) is 35.3 Å². The van der Waals surface area contributed by atoms with Gasteiger partial charge in [-0.25, -0.2) is 4.63 Å². The van der Waals surface area contributed by atoms with Crippen LogP contribution in [0.25, 0.3) is 11.0 Å². The number of aromatic nitrogens is 5. The fraction of sp³-hybridized carbons (Fsp3) is 0.250. The molecule has 146 valence electrons. The molecule has 5 rings (SSSR count). The molecular formula is C20H19N7O2. The van der Waals surface area contributed by atoms with Crippen LogP contribution in [0.4, 0.5) is 0 Å². The number of rotatable bonds is 5. The van der Waals surface area contributed by atoms with Crippen LogP contribution in [-0.4, -0.2) is 42.4 Å². The van der Waals surface area contributed by atoms with Crippen molar-refractivity contribution < 1.29 is 9.42 Å². The first-order valence-electron chi connectivity index (χ1n) is 9.43. The van der Waals surface area contributed by atoms with E-state index in [1.807, 2.05) is 47.1 Å². The Morgan fingerprint density at radius 3 is 3.00 bits per heavy atom. The third-order valence-electron chi connectivity index (χ3n) is 5.03. The van der Waals surface area contributed by atoms with E-state index in [0.717, 1.165) is 47.6 Å². The zero-order chi connectivity index (χ0) is 19.6. The molecule has 1 aromatic carbocycles. The molecule has 1 aliphatic rings. The highest BCUT2D eigenvalue weighted by Gasteiger charge is 2.22. The largest absolute Gasteiger partial charge is 0.345 e. The van der Waals surface area contributed by atoms with Crippen molar-refractivity contribution in [2.75, 3.05) is 6.54 Å². The Labute approximate surface area is 166 Å². The van der Waals surface area contributed by atoms with Crippen LogP contribution >= 0.6 is 0 Å². The van der Waals surface area contributed by atoms with Gasteiger partial charge in [0, 0.05) is 25.8 Å². The fourth-order valence-corrected chi connectivity index (χ4v) is 3.56. The summed E-state index contributed by atoms with van der Waals surface area (Å²) in [5.41, 5.74) is 4.89. The van der Waals surface area contributed by atoms with Gasteiger partial charge in [0.2, 0.25) is 0 Å². The summed E-state index contributed by atoms with van der Waals surface area (Å²) in [6, 6.07) is 13.4. The summed E-state index contributed by atoms with van der Waals surface area (Å²) in [6.45, 7) is 3.39. The standard InChI is InChI=1S/C20H19N7O2/c28-20(22-11-15-5-1-2-7-21-15)18-10-16-13-26(8-9-27(16)23-18)12-14-4-3-6-17-19(14)25-29-24-17/h1-7,10H,8-9,11-13H2,(H,22,28). The highest BCUT2D eigenvalue weighted by atomic mass is 16.6. The zero-order valence-corrected chi connectivity index (χ0v) is 15.7. The predicted molar refractivity (Wildman–Crippen MR) is 104 cm³/mol. The number of carbonyl (C=O) groups excluding carboxylic acids is 1. The van der Waals surface area contributed by atoms with Crippen molar-refractivity contribution in [3.63, 3.8) is 0 Å². The van der Waals surface area contributed by atoms with Crippen molar-refractivity contribution in [1.29, 1.82) is 0 Å². The summed E-state index contributed by atoms with van der Waals surface area (Å²) in [5.74, 6) is -0.192. The van der Waals surface area contributed by atoms with E-state index >= 15 is 0 Å². The van der Waals surface area contributed by atoms with Crippen LogP contribution in [0.2, 0.25) is 0 Å². The van der Waals surface area contributed by atoms with Crippen molar-refractivity contribution in [3.8, 4) is 0 Å². The van der Waals surface area contributed by atoms with Crippen molar-refractivity contribution >= 4 is 16.9 Å². The number of nitrogens with one attached hydrogen (secondary N) is 1. The molecule has 1 aliphatic heterocycles. The Morgan fingerprint density at radius 2 is 2.10 bits per heavy atom. The Hall–Kier alpha value is -3.59. The van der Waals surface area contributed by atoms with Gasteiger partial charge in [0.25, 0.3) is 5.91 Å². The lowest BCUT2D eigenvalue weighted by molar-refractivity contribution is 0.0944. The van der Waals surface area contributed by atoms with Gasteiger partial charge in [-0.15, -0.1) is 0 Å². The molecule has 0 saturated carbocycles. The number of nitrogens with zero attached hydrogens (tertiary/aromatic N) is 6. The molecule has 0 spiro atoms. The molecule has 0 unspecified atom stereocenters. The van der Waals surface area contributed by atoms with Crippen LogP contribution in [-0.2, 0) is 26.2 Å². The van der Waals surface area contributed by atoms with E-state index in [1.165, 1.54) is 0 Å². The molecule has 29 heavy (non-hydrogen) atoms. The van der Waals surface area contributed by atoms with Gasteiger partial charge in [0.1, 0.15) is 11.0 Å². The molecule has 4 aromatic rings. The summed E-state index contributed by atoms with van der Waals surface area (Å²) in [5, 5.41) is 15.3. The molecule has 0 aliphatic carbocycles. The molecule has 9 heteroatoms. The molecule has 1 amide bonds. The van der Waals surface area contributed by atoms with Crippen molar-refractivity contribution in [2.24, 2.45) is 0 Å². The maximum absolute atomic E-state index is 12.5. The minimum absolute atomic E-state index is 0.192. The highest BCUT2D eigenvalue weighted by molar-refractivity contribution is 5.92. The second-order valence-electron chi connectivity index (χ2n) is 7.01. The van der Waals surface area contributed by atoms with Crippen LogP contribution in [0.3, 0.4) is 0 Å². The number of hydrogen-bond donors (Lipinski definition) is 1. The molecule has 9 nitrogen and oxygen atoms in total.